The molecule has 3 fully saturated rings. The Morgan fingerprint density at radius 2 is 1.83 bits per heavy atom. The largest absolute Gasteiger partial charge is 0.338 e. The van der Waals surface area contributed by atoms with Gasteiger partial charge < -0.3 is 4.90 Å². The van der Waals surface area contributed by atoms with E-state index < -0.39 is 0 Å². The van der Waals surface area contributed by atoms with Crippen molar-refractivity contribution in [3.8, 4) is 0 Å². The summed E-state index contributed by atoms with van der Waals surface area (Å²) >= 11 is 0. The maximum atomic E-state index is 12.5. The van der Waals surface area contributed by atoms with E-state index in [2.05, 4.69) is 14.8 Å². The van der Waals surface area contributed by atoms with Gasteiger partial charge in [0.15, 0.2) is 0 Å². The van der Waals surface area contributed by atoms with Gasteiger partial charge in [0.25, 0.3) is 5.56 Å². The van der Waals surface area contributed by atoms with Gasteiger partial charge in [-0.15, -0.1) is 0 Å². The standard InChI is InChI=1S/C17H24N4O2/c22-16-3-7-18-12-20(16)11-13-4-8-19(9-5-13)15-6-10-21(17(15)23)14-1-2-14/h3,7,12-15H,1-2,4-6,8-11H2. The van der Waals surface area contributed by atoms with Gasteiger partial charge in [-0.25, -0.2) is 4.98 Å². The predicted octanol–water partition coefficient (Wildman–Crippen LogP) is 0.719. The molecule has 2 aliphatic heterocycles. The Kier molecular flexibility index (Phi) is 3.93. The molecule has 23 heavy (non-hydrogen) atoms. The van der Waals surface area contributed by atoms with Crippen LogP contribution in [0.5, 0.6) is 0 Å². The summed E-state index contributed by atoms with van der Waals surface area (Å²) in [5, 5.41) is 0. The summed E-state index contributed by atoms with van der Waals surface area (Å²) in [6.07, 6.45) is 8.65. The number of amides is 1. The molecule has 4 rings (SSSR count). The van der Waals surface area contributed by atoms with E-state index in [1.54, 1.807) is 17.1 Å². The number of hydrogen-bond donors (Lipinski definition) is 0. The highest BCUT2D eigenvalue weighted by molar-refractivity contribution is 5.84. The lowest BCUT2D eigenvalue weighted by atomic mass is 9.95. The summed E-state index contributed by atoms with van der Waals surface area (Å²) in [6.45, 7) is 3.62. The van der Waals surface area contributed by atoms with Crippen LogP contribution in [0, 0.1) is 5.92 Å². The van der Waals surface area contributed by atoms with E-state index in [0.29, 0.717) is 17.9 Å². The Bertz CT molecular complexity index is 631. The molecule has 0 N–H and O–H groups in total. The quantitative estimate of drug-likeness (QED) is 0.821. The summed E-state index contributed by atoms with van der Waals surface area (Å²) in [4.78, 5) is 32.8. The molecule has 2 saturated heterocycles. The van der Waals surface area contributed by atoms with E-state index >= 15 is 0 Å². The van der Waals surface area contributed by atoms with Crippen molar-refractivity contribution in [2.24, 2.45) is 5.92 Å². The highest BCUT2D eigenvalue weighted by atomic mass is 16.2. The van der Waals surface area contributed by atoms with Crippen LogP contribution in [0.15, 0.2) is 23.4 Å². The molecule has 1 amide bonds. The van der Waals surface area contributed by atoms with Gasteiger partial charge in [0.05, 0.1) is 12.4 Å². The molecule has 0 spiro atoms. The highest BCUT2D eigenvalue weighted by Crippen LogP contribution is 2.33. The molecule has 1 atom stereocenters. The van der Waals surface area contributed by atoms with Crippen LogP contribution in [-0.4, -0.2) is 57.0 Å². The summed E-state index contributed by atoms with van der Waals surface area (Å²) < 4.78 is 1.70. The minimum Gasteiger partial charge on any atom is -0.338 e. The average Bonchev–Trinajstić information content (AvgIpc) is 3.33. The van der Waals surface area contributed by atoms with Crippen LogP contribution in [0.2, 0.25) is 0 Å². The first-order chi connectivity index (χ1) is 11.2. The summed E-state index contributed by atoms with van der Waals surface area (Å²) in [6, 6.07) is 2.17. The second-order valence-corrected chi connectivity index (χ2v) is 7.12. The van der Waals surface area contributed by atoms with Gasteiger partial charge >= 0.3 is 0 Å². The third kappa shape index (κ3) is 3.04. The molecular weight excluding hydrogens is 292 g/mol. The molecule has 0 radical (unpaired) electrons. The lowest BCUT2D eigenvalue weighted by Crippen LogP contribution is -2.46. The van der Waals surface area contributed by atoms with E-state index in [0.717, 1.165) is 45.4 Å². The first kappa shape index (κ1) is 14.9. The van der Waals surface area contributed by atoms with Crippen molar-refractivity contribution in [3.05, 3.63) is 28.9 Å². The lowest BCUT2D eigenvalue weighted by molar-refractivity contribution is -0.133. The Balaban J connectivity index is 1.32. The fourth-order valence-electron chi connectivity index (χ4n) is 4.01. The fraction of sp³-hybridized carbons (Fsp3) is 0.706. The second-order valence-electron chi connectivity index (χ2n) is 7.12. The van der Waals surface area contributed by atoms with Crippen LogP contribution in [0.3, 0.4) is 0 Å². The highest BCUT2D eigenvalue weighted by Gasteiger charge is 2.43. The van der Waals surface area contributed by atoms with Gasteiger partial charge in [0.1, 0.15) is 0 Å². The number of rotatable bonds is 4. The molecule has 1 saturated carbocycles. The van der Waals surface area contributed by atoms with Crippen molar-refractivity contribution in [3.63, 3.8) is 0 Å². The number of piperidine rings is 1. The van der Waals surface area contributed by atoms with Crippen LogP contribution in [0.4, 0.5) is 0 Å². The van der Waals surface area contributed by atoms with Crippen molar-refractivity contribution in [2.45, 2.75) is 50.7 Å². The molecule has 1 aromatic rings. The topological polar surface area (TPSA) is 58.4 Å². The Morgan fingerprint density at radius 1 is 1.04 bits per heavy atom. The molecule has 124 valence electrons. The molecule has 1 aromatic heterocycles. The molecule has 0 bridgehead atoms. The predicted molar refractivity (Wildman–Crippen MR) is 85.9 cm³/mol. The van der Waals surface area contributed by atoms with E-state index in [1.165, 1.54) is 18.9 Å². The van der Waals surface area contributed by atoms with E-state index in [-0.39, 0.29) is 11.6 Å². The molecular formula is C17H24N4O2. The van der Waals surface area contributed by atoms with Crippen LogP contribution in [-0.2, 0) is 11.3 Å². The minimum absolute atomic E-state index is 0.0217. The molecule has 0 aromatic carbocycles. The SMILES string of the molecule is O=C1C(N2CCC(Cn3cnccc3=O)CC2)CCN1C1CC1. The number of aromatic nitrogens is 2. The van der Waals surface area contributed by atoms with Gasteiger partial charge in [-0.2, -0.15) is 0 Å². The van der Waals surface area contributed by atoms with Crippen molar-refractivity contribution in [2.75, 3.05) is 19.6 Å². The third-order valence-corrected chi connectivity index (χ3v) is 5.54. The molecule has 3 heterocycles. The molecule has 6 nitrogen and oxygen atoms in total. The van der Waals surface area contributed by atoms with E-state index in [1.807, 2.05) is 0 Å². The average molecular weight is 316 g/mol. The van der Waals surface area contributed by atoms with Crippen molar-refractivity contribution < 1.29 is 4.79 Å². The zero-order valence-corrected chi connectivity index (χ0v) is 13.4. The molecule has 1 unspecified atom stereocenters. The second kappa shape index (κ2) is 6.07. The van der Waals surface area contributed by atoms with E-state index in [4.69, 9.17) is 0 Å². The third-order valence-electron chi connectivity index (χ3n) is 5.54. The van der Waals surface area contributed by atoms with E-state index in [9.17, 15) is 9.59 Å². The Morgan fingerprint density at radius 3 is 2.52 bits per heavy atom. The van der Waals surface area contributed by atoms with Gasteiger partial charge in [-0.3, -0.25) is 19.1 Å². The zero-order valence-electron chi connectivity index (χ0n) is 13.4. The lowest BCUT2D eigenvalue weighted by Gasteiger charge is -2.35. The number of carbonyl (C=O) groups is 1. The Labute approximate surface area is 136 Å². The van der Waals surface area contributed by atoms with Crippen molar-refractivity contribution in [1.82, 2.24) is 19.4 Å². The van der Waals surface area contributed by atoms with Gasteiger partial charge in [0.2, 0.25) is 5.91 Å². The van der Waals surface area contributed by atoms with Crippen LogP contribution in [0.1, 0.15) is 32.1 Å². The number of nitrogens with zero attached hydrogens (tertiary/aromatic N) is 4. The monoisotopic (exact) mass is 316 g/mol. The van der Waals surface area contributed by atoms with Gasteiger partial charge in [-0.1, -0.05) is 0 Å². The maximum Gasteiger partial charge on any atom is 0.253 e. The normalized spacial score (nSPS) is 26.9. The molecule has 3 aliphatic rings. The first-order valence-electron chi connectivity index (χ1n) is 8.77. The summed E-state index contributed by atoms with van der Waals surface area (Å²) in [5.41, 5.74) is 0.0217. The number of hydrogen-bond acceptors (Lipinski definition) is 4. The van der Waals surface area contributed by atoms with Gasteiger partial charge in [0, 0.05) is 31.4 Å². The maximum absolute atomic E-state index is 12.5. The summed E-state index contributed by atoms with van der Waals surface area (Å²) in [5.74, 6) is 0.860. The number of carbonyl (C=O) groups excluding carboxylic acids is 1. The smallest absolute Gasteiger partial charge is 0.253 e. The van der Waals surface area contributed by atoms with Crippen LogP contribution >= 0.6 is 0 Å². The fourth-order valence-corrected chi connectivity index (χ4v) is 4.01. The number of likely N-dealkylation sites (tertiary alicyclic amines) is 2. The van der Waals surface area contributed by atoms with Crippen molar-refractivity contribution >= 4 is 5.91 Å². The van der Waals surface area contributed by atoms with Crippen LogP contribution in [0.25, 0.3) is 0 Å². The zero-order chi connectivity index (χ0) is 15.8. The summed E-state index contributed by atoms with van der Waals surface area (Å²) in [7, 11) is 0. The van der Waals surface area contributed by atoms with Gasteiger partial charge in [-0.05, 0) is 51.1 Å². The minimum atomic E-state index is 0.0217. The Hall–Kier alpha value is -1.69. The van der Waals surface area contributed by atoms with Crippen molar-refractivity contribution in [1.29, 1.82) is 0 Å². The first-order valence-corrected chi connectivity index (χ1v) is 8.77. The molecule has 1 aliphatic carbocycles. The molecule has 6 heteroatoms. The van der Waals surface area contributed by atoms with Crippen LogP contribution < -0.4 is 5.56 Å².